The van der Waals surface area contributed by atoms with Gasteiger partial charge in [-0.25, -0.2) is 15.0 Å². The molecule has 3 aliphatic rings. The fourth-order valence-corrected chi connectivity index (χ4v) is 10.8. The average Bonchev–Trinajstić information content (AvgIpc) is 3.82. The summed E-state index contributed by atoms with van der Waals surface area (Å²) in [5, 5.41) is 0. The van der Waals surface area contributed by atoms with Gasteiger partial charge in [0.2, 0.25) is 0 Å². The van der Waals surface area contributed by atoms with E-state index in [1.165, 1.54) is 38.9 Å². The number of hydrogen-bond acceptors (Lipinski definition) is 5. The highest BCUT2D eigenvalue weighted by molar-refractivity contribution is 5.93. The Morgan fingerprint density at radius 3 is 1.55 bits per heavy atom. The Labute approximate surface area is 383 Å². The molecule has 0 N–H and O–H groups in total. The van der Waals surface area contributed by atoms with Crippen molar-refractivity contribution in [2.45, 2.75) is 24.7 Å². The molecule has 1 aliphatic heterocycles. The fraction of sp³-hybridized carbons (Fsp3) is 0.0656. The Morgan fingerprint density at radius 2 is 0.848 bits per heavy atom. The number of nitrogens with zero attached hydrogens (tertiary/aromatic N) is 3. The zero-order valence-electron chi connectivity index (χ0n) is 36.4. The van der Waals surface area contributed by atoms with Crippen molar-refractivity contribution in [3.63, 3.8) is 0 Å². The van der Waals surface area contributed by atoms with Gasteiger partial charge in [0.1, 0.15) is 0 Å². The van der Waals surface area contributed by atoms with E-state index in [1.54, 1.807) is 0 Å². The molecule has 2 heterocycles. The molecule has 0 spiro atoms. The minimum atomic E-state index is -0.555. The maximum absolute atomic E-state index is 7.18. The summed E-state index contributed by atoms with van der Waals surface area (Å²) in [5.41, 5.74) is 16.1. The normalized spacial score (nSPS) is 14.1. The zero-order chi connectivity index (χ0) is 44.0. The van der Waals surface area contributed by atoms with Crippen LogP contribution >= 0.6 is 0 Å². The number of ether oxygens (including phenoxy) is 2. The largest absolute Gasteiger partial charge is 0.449 e. The Balaban J connectivity index is 0.898. The zero-order valence-corrected chi connectivity index (χ0v) is 36.4. The van der Waals surface area contributed by atoms with Crippen LogP contribution in [0.15, 0.2) is 212 Å². The summed E-state index contributed by atoms with van der Waals surface area (Å²) in [5.74, 6) is 4.62. The first-order valence-corrected chi connectivity index (χ1v) is 22.5. The Kier molecular flexibility index (Phi) is 8.40. The molecular weight excluding hydrogens is 807 g/mol. The van der Waals surface area contributed by atoms with Crippen LogP contribution in [0.1, 0.15) is 47.2 Å². The van der Waals surface area contributed by atoms with E-state index >= 15 is 0 Å². The molecular formula is C61H41N3O2. The highest BCUT2D eigenvalue weighted by Gasteiger charge is 2.48. The van der Waals surface area contributed by atoms with Crippen LogP contribution in [0.5, 0.6) is 23.0 Å². The van der Waals surface area contributed by atoms with E-state index in [9.17, 15) is 0 Å². The number of para-hydroxylation sites is 1. The third-order valence-corrected chi connectivity index (χ3v) is 13.9. The molecule has 2 aliphatic carbocycles. The van der Waals surface area contributed by atoms with Crippen LogP contribution in [-0.4, -0.2) is 15.0 Å². The van der Waals surface area contributed by atoms with Gasteiger partial charge < -0.3 is 9.47 Å². The van der Waals surface area contributed by atoms with Gasteiger partial charge in [-0.05, 0) is 73.8 Å². The van der Waals surface area contributed by atoms with Crippen LogP contribution in [0.3, 0.4) is 0 Å². The highest BCUT2D eigenvalue weighted by atomic mass is 16.6. The molecule has 0 bridgehead atoms. The number of rotatable bonds is 6. The van der Waals surface area contributed by atoms with Gasteiger partial charge >= 0.3 is 0 Å². The van der Waals surface area contributed by atoms with Crippen molar-refractivity contribution in [2.75, 3.05) is 0 Å². The summed E-state index contributed by atoms with van der Waals surface area (Å²) in [6.07, 6.45) is 0. The molecule has 0 unspecified atom stereocenters. The lowest BCUT2D eigenvalue weighted by atomic mass is 9.68. The lowest BCUT2D eigenvalue weighted by Gasteiger charge is -2.34. The van der Waals surface area contributed by atoms with Crippen LogP contribution in [-0.2, 0) is 10.8 Å². The molecule has 1 aromatic heterocycles. The Bertz CT molecular complexity index is 3510. The molecule has 5 nitrogen and oxygen atoms in total. The standard InChI is InChI=1S/C61H41N3O2/c1-60(2)48-26-14-12-23-45(48)46-34-33-41(37-51(46)60)59-63-57(39-17-6-3-7-18-39)62-58(64-59)40-31-29-38(30-32-40)44-25-16-28-52-55(44)66-56-53(65-52)36-35-50-54(56)47-24-13-15-27-49(47)61(50,42-19-8-4-9-20-42)43-21-10-5-11-22-43/h3-37H,1-2H3. The van der Waals surface area contributed by atoms with Crippen molar-refractivity contribution in [1.29, 1.82) is 0 Å². The van der Waals surface area contributed by atoms with E-state index < -0.39 is 5.41 Å². The minimum Gasteiger partial charge on any atom is -0.449 e. The SMILES string of the molecule is CC1(C)c2ccccc2-c2ccc(-c3nc(-c4ccccc4)nc(-c4ccc(-c5cccc6c5Oc5c(ccc7c5-c5ccccc5C7(c5ccccc5)c5ccccc5)O6)cc4)n3)cc21. The van der Waals surface area contributed by atoms with E-state index in [4.69, 9.17) is 24.4 Å². The van der Waals surface area contributed by atoms with Crippen molar-refractivity contribution in [3.05, 3.63) is 246 Å². The van der Waals surface area contributed by atoms with Gasteiger partial charge in [-0.1, -0.05) is 208 Å². The lowest BCUT2D eigenvalue weighted by molar-refractivity contribution is 0.361. The molecule has 66 heavy (non-hydrogen) atoms. The van der Waals surface area contributed by atoms with Crippen LogP contribution in [0, 0.1) is 0 Å². The number of aromatic nitrogens is 3. The van der Waals surface area contributed by atoms with Gasteiger partial charge in [0, 0.05) is 33.2 Å². The summed E-state index contributed by atoms with van der Waals surface area (Å²) in [6, 6.07) is 74.6. The second-order valence-corrected chi connectivity index (χ2v) is 17.9. The summed E-state index contributed by atoms with van der Waals surface area (Å²) in [4.78, 5) is 15.3. The fourth-order valence-electron chi connectivity index (χ4n) is 10.8. The minimum absolute atomic E-state index is 0.150. The topological polar surface area (TPSA) is 57.1 Å². The quantitative estimate of drug-likeness (QED) is 0.167. The molecule has 0 saturated carbocycles. The first kappa shape index (κ1) is 38.1. The summed E-state index contributed by atoms with van der Waals surface area (Å²) >= 11 is 0. The first-order chi connectivity index (χ1) is 32.5. The lowest BCUT2D eigenvalue weighted by Crippen LogP contribution is -2.28. The van der Waals surface area contributed by atoms with Gasteiger partial charge in [0.15, 0.2) is 40.5 Å². The molecule has 10 aromatic rings. The predicted octanol–water partition coefficient (Wildman–Crippen LogP) is 15.1. The van der Waals surface area contributed by atoms with Crippen molar-refractivity contribution >= 4 is 0 Å². The van der Waals surface area contributed by atoms with E-state index in [1.807, 2.05) is 42.5 Å². The van der Waals surface area contributed by atoms with Crippen LogP contribution in [0.25, 0.3) is 67.5 Å². The third kappa shape index (κ3) is 5.63. The van der Waals surface area contributed by atoms with Gasteiger partial charge in [0.05, 0.1) is 5.41 Å². The van der Waals surface area contributed by atoms with Crippen molar-refractivity contribution in [2.24, 2.45) is 0 Å². The van der Waals surface area contributed by atoms with E-state index in [2.05, 4.69) is 184 Å². The number of fused-ring (bicyclic) bond motifs is 9. The first-order valence-electron chi connectivity index (χ1n) is 22.5. The molecule has 13 rings (SSSR count). The predicted molar refractivity (Wildman–Crippen MR) is 263 cm³/mol. The monoisotopic (exact) mass is 847 g/mol. The molecule has 312 valence electrons. The van der Waals surface area contributed by atoms with E-state index in [0.29, 0.717) is 34.7 Å². The Morgan fingerprint density at radius 1 is 0.333 bits per heavy atom. The van der Waals surface area contributed by atoms with E-state index in [0.717, 1.165) is 50.3 Å². The molecule has 0 atom stereocenters. The van der Waals surface area contributed by atoms with Gasteiger partial charge in [-0.15, -0.1) is 0 Å². The van der Waals surface area contributed by atoms with Crippen molar-refractivity contribution < 1.29 is 9.47 Å². The van der Waals surface area contributed by atoms with E-state index in [-0.39, 0.29) is 5.41 Å². The average molecular weight is 848 g/mol. The second-order valence-electron chi connectivity index (χ2n) is 17.9. The van der Waals surface area contributed by atoms with Gasteiger partial charge in [-0.2, -0.15) is 0 Å². The number of hydrogen-bond donors (Lipinski definition) is 0. The Hall–Kier alpha value is -8.41. The molecule has 0 radical (unpaired) electrons. The molecule has 5 heteroatoms. The number of benzene rings is 9. The summed E-state index contributed by atoms with van der Waals surface area (Å²) in [6.45, 7) is 4.59. The maximum Gasteiger partial charge on any atom is 0.178 e. The second kappa shape index (κ2) is 14.6. The molecule has 0 fully saturated rings. The van der Waals surface area contributed by atoms with Crippen LogP contribution in [0.4, 0.5) is 0 Å². The maximum atomic E-state index is 7.18. The highest BCUT2D eigenvalue weighted by Crippen LogP contribution is 2.63. The third-order valence-electron chi connectivity index (χ3n) is 13.9. The van der Waals surface area contributed by atoms with Gasteiger partial charge in [-0.3, -0.25) is 0 Å². The molecule has 0 amide bonds. The molecule has 9 aromatic carbocycles. The van der Waals surface area contributed by atoms with Crippen molar-refractivity contribution in [3.8, 4) is 90.5 Å². The van der Waals surface area contributed by atoms with Gasteiger partial charge in [0.25, 0.3) is 0 Å². The smallest absolute Gasteiger partial charge is 0.178 e. The van der Waals surface area contributed by atoms with Crippen molar-refractivity contribution in [1.82, 2.24) is 15.0 Å². The van der Waals surface area contributed by atoms with Crippen LogP contribution < -0.4 is 9.47 Å². The molecule has 0 saturated heterocycles. The van der Waals surface area contributed by atoms with Crippen LogP contribution in [0.2, 0.25) is 0 Å². The summed E-state index contributed by atoms with van der Waals surface area (Å²) in [7, 11) is 0. The summed E-state index contributed by atoms with van der Waals surface area (Å²) < 4.78 is 14.0.